The van der Waals surface area contributed by atoms with Gasteiger partial charge in [-0.1, -0.05) is 12.1 Å². The van der Waals surface area contributed by atoms with Gasteiger partial charge in [-0.25, -0.2) is 0 Å². The predicted octanol–water partition coefficient (Wildman–Crippen LogP) is 2.83. The molecule has 0 saturated heterocycles. The van der Waals surface area contributed by atoms with Gasteiger partial charge in [0.15, 0.2) is 0 Å². The molecule has 0 heterocycles. The van der Waals surface area contributed by atoms with Gasteiger partial charge in [0, 0.05) is 49.7 Å². The minimum atomic E-state index is -5.00. The number of anilines is 1. The number of Topliss-reactive ketones (excluding diaryl/α,β-unsaturated/α-hetero) is 1. The maximum Gasteiger partial charge on any atom is 0.450 e. The van der Waals surface area contributed by atoms with Crippen molar-refractivity contribution in [2.45, 2.75) is 12.6 Å². The van der Waals surface area contributed by atoms with E-state index < -0.39 is 24.3 Å². The molecule has 1 amide bonds. The van der Waals surface area contributed by atoms with Crippen molar-refractivity contribution in [3.63, 3.8) is 0 Å². The third-order valence-electron chi connectivity index (χ3n) is 1.81. The van der Waals surface area contributed by atoms with Gasteiger partial charge >= 0.3 is 6.18 Å². The van der Waals surface area contributed by atoms with E-state index in [4.69, 9.17) is 5.73 Å². The number of nitrogens with one attached hydrogen (secondary N) is 2. The van der Waals surface area contributed by atoms with Crippen LogP contribution in [0.4, 0.5) is 24.5 Å². The number of benzene rings is 1. The first-order valence-corrected chi connectivity index (χ1v) is 4.50. The molecule has 18 heavy (non-hydrogen) atoms. The van der Waals surface area contributed by atoms with Crippen LogP contribution in [0.1, 0.15) is 6.42 Å². The summed E-state index contributed by atoms with van der Waals surface area (Å²) in [6.07, 6.45) is -6.24. The van der Waals surface area contributed by atoms with Gasteiger partial charge < -0.3 is 11.1 Å². The largest absolute Gasteiger partial charge is 0.699 e. The monoisotopic (exact) mass is 472 g/mol. The molecule has 0 spiro atoms. The molecular formula is C10H8AcF3N2O2-. The number of halogens is 3. The van der Waals surface area contributed by atoms with Gasteiger partial charge in [-0.05, 0) is 12.1 Å². The zero-order valence-electron chi connectivity index (χ0n) is 9.04. The normalized spacial score (nSPS) is 10.4. The first-order valence-electron chi connectivity index (χ1n) is 4.50. The van der Waals surface area contributed by atoms with Crippen LogP contribution in [0.5, 0.6) is 0 Å². The smallest absolute Gasteiger partial charge is 0.450 e. The van der Waals surface area contributed by atoms with Gasteiger partial charge in [0.05, 0.1) is 6.42 Å². The van der Waals surface area contributed by atoms with Gasteiger partial charge in [0.1, 0.15) is 0 Å². The number of hydrogen-bond acceptors (Lipinski definition) is 2. The molecule has 4 nitrogen and oxygen atoms in total. The number of amides is 1. The molecule has 0 atom stereocenters. The molecule has 0 fully saturated rings. The Labute approximate surface area is 137 Å². The molecule has 8 heteroatoms. The minimum absolute atomic E-state index is 0. The summed E-state index contributed by atoms with van der Waals surface area (Å²) in [5, 5.41) is 2.13. The van der Waals surface area contributed by atoms with Crippen LogP contribution in [-0.2, 0) is 9.59 Å². The summed E-state index contributed by atoms with van der Waals surface area (Å²) in [7, 11) is 0. The molecule has 0 bridgehead atoms. The second-order valence-corrected chi connectivity index (χ2v) is 3.22. The maximum atomic E-state index is 11.8. The standard InChI is InChI=1S/C10H8F3N2O2.Ac/c11-10(12,13)8(16)5-9(17)15-7-3-1-6(14)2-4-7;/h1-4,14H,5H2,(H,15,17);/q-1;. The van der Waals surface area contributed by atoms with Crippen molar-refractivity contribution in [2.75, 3.05) is 5.32 Å². The summed E-state index contributed by atoms with van der Waals surface area (Å²) in [5.74, 6) is -3.13. The van der Waals surface area contributed by atoms with Crippen LogP contribution in [0.25, 0.3) is 5.73 Å². The number of carbonyl (C=O) groups excluding carboxylic acids is 2. The number of carbonyl (C=O) groups is 2. The van der Waals surface area contributed by atoms with E-state index in [0.717, 1.165) is 0 Å². The molecule has 0 aliphatic heterocycles. The molecule has 95 valence electrons. The Hall–Kier alpha value is -0.608. The van der Waals surface area contributed by atoms with E-state index >= 15 is 0 Å². The van der Waals surface area contributed by atoms with Gasteiger partial charge in [0.25, 0.3) is 0 Å². The second kappa shape index (κ2) is 7.10. The fourth-order valence-corrected chi connectivity index (χ4v) is 1.00. The average molecular weight is 472 g/mol. The molecule has 2 N–H and O–H groups in total. The molecule has 1 aromatic carbocycles. The van der Waals surface area contributed by atoms with Crippen LogP contribution in [0, 0.1) is 44.1 Å². The topological polar surface area (TPSA) is 70.0 Å². The Morgan fingerprint density at radius 3 is 2.11 bits per heavy atom. The first-order chi connectivity index (χ1) is 7.79. The summed E-state index contributed by atoms with van der Waals surface area (Å²) < 4.78 is 35.5. The van der Waals surface area contributed by atoms with Crippen molar-refractivity contribution in [1.82, 2.24) is 0 Å². The Morgan fingerprint density at radius 2 is 1.67 bits per heavy atom. The molecule has 1 radical (unpaired) electrons. The van der Waals surface area contributed by atoms with Crippen molar-refractivity contribution in [2.24, 2.45) is 0 Å². The van der Waals surface area contributed by atoms with E-state index in [1.807, 2.05) is 0 Å². The van der Waals surface area contributed by atoms with E-state index in [2.05, 4.69) is 5.32 Å². The zero-order chi connectivity index (χ0) is 13.1. The quantitative estimate of drug-likeness (QED) is 0.688. The number of alkyl halides is 3. The number of rotatable bonds is 3. The van der Waals surface area contributed by atoms with E-state index in [9.17, 15) is 22.8 Å². The Morgan fingerprint density at radius 1 is 1.17 bits per heavy atom. The maximum absolute atomic E-state index is 11.8. The van der Waals surface area contributed by atoms with Gasteiger partial charge in [-0.2, -0.15) is 13.2 Å². The molecular weight excluding hydrogens is 464 g/mol. The third-order valence-corrected chi connectivity index (χ3v) is 1.81. The number of hydrogen-bond donors (Lipinski definition) is 1. The fraction of sp³-hybridized carbons (Fsp3) is 0.200. The minimum Gasteiger partial charge on any atom is -0.699 e. The van der Waals surface area contributed by atoms with Crippen LogP contribution in [0.15, 0.2) is 24.3 Å². The molecule has 0 aliphatic carbocycles. The average Bonchev–Trinajstić information content (AvgIpc) is 2.20. The van der Waals surface area contributed by atoms with Crippen molar-refractivity contribution >= 4 is 23.1 Å². The van der Waals surface area contributed by atoms with Crippen LogP contribution in [0.3, 0.4) is 0 Å². The molecule has 1 rings (SSSR count). The second-order valence-electron chi connectivity index (χ2n) is 3.22. The number of ketones is 1. The van der Waals surface area contributed by atoms with Crippen LogP contribution < -0.4 is 5.32 Å². The molecule has 0 saturated carbocycles. The van der Waals surface area contributed by atoms with Crippen LogP contribution in [-0.4, -0.2) is 17.9 Å². The zero-order valence-corrected chi connectivity index (χ0v) is 13.8. The Bertz CT molecular complexity index is 432. The summed E-state index contributed by atoms with van der Waals surface area (Å²) >= 11 is 0. The molecule has 1 aromatic rings. The van der Waals surface area contributed by atoms with Crippen molar-refractivity contribution < 1.29 is 66.8 Å². The van der Waals surface area contributed by atoms with Crippen molar-refractivity contribution in [3.8, 4) is 0 Å². The summed E-state index contributed by atoms with van der Waals surface area (Å²) in [6.45, 7) is 0. The van der Waals surface area contributed by atoms with E-state index in [-0.39, 0.29) is 55.4 Å². The Balaban J connectivity index is 0.00000289. The first kappa shape index (κ1) is 17.4. The third kappa shape index (κ3) is 5.83. The van der Waals surface area contributed by atoms with E-state index in [0.29, 0.717) is 0 Å². The van der Waals surface area contributed by atoms with Crippen molar-refractivity contribution in [1.29, 1.82) is 0 Å². The molecule has 0 aliphatic rings. The van der Waals surface area contributed by atoms with Gasteiger partial charge in [0.2, 0.25) is 11.7 Å². The summed E-state index contributed by atoms with van der Waals surface area (Å²) in [5.41, 5.74) is 7.59. The van der Waals surface area contributed by atoms with Gasteiger partial charge in [-0.3, -0.25) is 9.59 Å². The van der Waals surface area contributed by atoms with E-state index in [1.54, 1.807) is 0 Å². The SMILES string of the molecule is [Ac].[NH-]c1ccc(NC(=O)CC(=O)C(F)(F)F)cc1. The Kier molecular flexibility index (Phi) is 6.86. The summed E-state index contributed by atoms with van der Waals surface area (Å²) in [4.78, 5) is 21.6. The van der Waals surface area contributed by atoms with Crippen molar-refractivity contribution in [3.05, 3.63) is 30.0 Å². The molecule has 0 unspecified atom stereocenters. The van der Waals surface area contributed by atoms with Crippen LogP contribution in [0.2, 0.25) is 0 Å². The molecule has 0 aromatic heterocycles. The fourth-order valence-electron chi connectivity index (χ4n) is 1.00. The predicted molar refractivity (Wildman–Crippen MR) is 54.7 cm³/mol. The summed E-state index contributed by atoms with van der Waals surface area (Å²) in [6, 6.07) is 5.44. The van der Waals surface area contributed by atoms with E-state index in [1.165, 1.54) is 24.3 Å². The van der Waals surface area contributed by atoms with Gasteiger partial charge in [-0.15, -0.1) is 5.69 Å². The van der Waals surface area contributed by atoms with Crippen LogP contribution >= 0.6 is 0 Å².